The second-order valence-electron chi connectivity index (χ2n) is 6.11. The molecule has 0 aliphatic carbocycles. The monoisotopic (exact) mass is 364 g/mol. The lowest BCUT2D eigenvalue weighted by Gasteiger charge is -2.11. The molecule has 0 fully saturated rings. The number of aryl methyl sites for hydroxylation is 2. The summed E-state index contributed by atoms with van der Waals surface area (Å²) in [5.41, 5.74) is 4.96. The fraction of sp³-hybridized carbons (Fsp3) is 0.333. The molecule has 1 aromatic carbocycles. The molecule has 2 heterocycles. The van der Waals surface area contributed by atoms with Gasteiger partial charge in [-0.05, 0) is 44.0 Å². The number of rotatable bonds is 7. The number of nitrogens with zero attached hydrogens (tertiary/aromatic N) is 3. The number of hydrogen-bond acceptors (Lipinski definition) is 5. The zero-order valence-electron chi connectivity index (χ0n) is 16.0. The quantitative estimate of drug-likeness (QED) is 0.694. The second kappa shape index (κ2) is 8.58. The molecule has 140 valence electrons. The van der Waals surface area contributed by atoms with Crippen LogP contribution in [0, 0.1) is 0 Å². The Morgan fingerprint density at radius 1 is 1.04 bits per heavy atom. The molecule has 2 aromatic heterocycles. The molecule has 6 heteroatoms. The van der Waals surface area contributed by atoms with Crippen molar-refractivity contribution in [1.29, 1.82) is 0 Å². The molecule has 3 rings (SSSR count). The van der Waals surface area contributed by atoms with E-state index in [2.05, 4.69) is 29.1 Å². The number of carbonyl (C=O) groups excluding carboxylic acids is 1. The van der Waals surface area contributed by atoms with Crippen molar-refractivity contribution in [3.63, 3.8) is 0 Å². The Labute approximate surface area is 159 Å². The van der Waals surface area contributed by atoms with Gasteiger partial charge in [-0.3, -0.25) is 4.79 Å². The second-order valence-corrected chi connectivity index (χ2v) is 6.11. The summed E-state index contributed by atoms with van der Waals surface area (Å²) in [6.45, 7) is 6.92. The van der Waals surface area contributed by atoms with Crippen LogP contribution in [0.25, 0.3) is 11.0 Å². The Bertz CT molecular complexity index is 956. The van der Waals surface area contributed by atoms with Crippen molar-refractivity contribution in [2.75, 3.05) is 6.61 Å². The molecule has 0 atom stereocenters. The Balaban J connectivity index is 1.80. The van der Waals surface area contributed by atoms with Gasteiger partial charge >= 0.3 is 0 Å². The number of amides is 1. The molecule has 3 aromatic rings. The van der Waals surface area contributed by atoms with Crippen LogP contribution < -0.4 is 10.1 Å². The van der Waals surface area contributed by atoms with Crippen molar-refractivity contribution in [3.8, 4) is 5.88 Å². The zero-order chi connectivity index (χ0) is 19.2. The minimum atomic E-state index is -0.164. The fourth-order valence-electron chi connectivity index (χ4n) is 2.94. The molecule has 0 bridgehead atoms. The number of aromatic nitrogens is 3. The zero-order valence-corrected chi connectivity index (χ0v) is 16.0. The number of carbonyl (C=O) groups is 1. The van der Waals surface area contributed by atoms with E-state index in [1.807, 2.05) is 25.1 Å². The van der Waals surface area contributed by atoms with Gasteiger partial charge in [-0.1, -0.05) is 19.9 Å². The van der Waals surface area contributed by atoms with Gasteiger partial charge in [-0.15, -0.1) is 0 Å². The minimum Gasteiger partial charge on any atom is -0.478 e. The number of fused-ring (bicyclic) bond motifs is 1. The van der Waals surface area contributed by atoms with Crippen LogP contribution in [-0.2, 0) is 19.4 Å². The van der Waals surface area contributed by atoms with Gasteiger partial charge in [0.25, 0.3) is 5.91 Å². The molecular weight excluding hydrogens is 340 g/mol. The maximum atomic E-state index is 12.6. The molecular formula is C21H24N4O2. The third-order valence-corrected chi connectivity index (χ3v) is 4.32. The van der Waals surface area contributed by atoms with Crippen LogP contribution >= 0.6 is 0 Å². The van der Waals surface area contributed by atoms with Crippen molar-refractivity contribution in [1.82, 2.24) is 20.3 Å². The minimum absolute atomic E-state index is 0.164. The fourth-order valence-corrected chi connectivity index (χ4v) is 2.94. The number of hydrogen-bond donors (Lipinski definition) is 1. The average molecular weight is 364 g/mol. The lowest BCUT2D eigenvalue weighted by atomic mass is 10.1. The summed E-state index contributed by atoms with van der Waals surface area (Å²) in [5.74, 6) is 0.381. The third-order valence-electron chi connectivity index (χ3n) is 4.32. The summed E-state index contributed by atoms with van der Waals surface area (Å²) in [4.78, 5) is 26.2. The van der Waals surface area contributed by atoms with E-state index in [0.29, 0.717) is 24.6 Å². The van der Waals surface area contributed by atoms with Gasteiger partial charge in [-0.25, -0.2) is 15.0 Å². The lowest BCUT2D eigenvalue weighted by Crippen LogP contribution is -2.23. The normalized spacial score (nSPS) is 10.8. The highest BCUT2D eigenvalue weighted by Gasteiger charge is 2.11. The number of benzene rings is 1. The molecule has 0 saturated carbocycles. The van der Waals surface area contributed by atoms with Crippen LogP contribution in [0.2, 0.25) is 0 Å². The van der Waals surface area contributed by atoms with Crippen molar-refractivity contribution < 1.29 is 9.53 Å². The highest BCUT2D eigenvalue weighted by atomic mass is 16.5. The summed E-state index contributed by atoms with van der Waals surface area (Å²) in [6.07, 6.45) is 3.35. The van der Waals surface area contributed by atoms with E-state index in [1.54, 1.807) is 18.3 Å². The van der Waals surface area contributed by atoms with E-state index in [4.69, 9.17) is 9.72 Å². The van der Waals surface area contributed by atoms with Crippen molar-refractivity contribution in [2.24, 2.45) is 0 Å². The SMILES string of the molecule is CCOc1ncccc1CNC(=O)c1ccc2nc(CC)c(CC)nc2c1. The largest absolute Gasteiger partial charge is 0.478 e. The Kier molecular flexibility index (Phi) is 5.96. The van der Waals surface area contributed by atoms with Gasteiger partial charge in [-0.2, -0.15) is 0 Å². The predicted octanol–water partition coefficient (Wildman–Crippen LogP) is 3.48. The molecule has 0 aliphatic rings. The van der Waals surface area contributed by atoms with Crippen LogP contribution in [0.5, 0.6) is 5.88 Å². The van der Waals surface area contributed by atoms with E-state index in [0.717, 1.165) is 40.8 Å². The summed E-state index contributed by atoms with van der Waals surface area (Å²) < 4.78 is 5.50. The van der Waals surface area contributed by atoms with E-state index in [9.17, 15) is 4.79 Å². The molecule has 0 unspecified atom stereocenters. The van der Waals surface area contributed by atoms with Crippen molar-refractivity contribution >= 4 is 16.9 Å². The summed E-state index contributed by atoms with van der Waals surface area (Å²) in [6, 6.07) is 9.15. The molecule has 0 radical (unpaired) electrons. The van der Waals surface area contributed by atoms with Gasteiger partial charge in [0.1, 0.15) is 0 Å². The number of ether oxygens (including phenoxy) is 1. The predicted molar refractivity (Wildman–Crippen MR) is 105 cm³/mol. The first kappa shape index (κ1) is 18.8. The molecule has 27 heavy (non-hydrogen) atoms. The van der Waals surface area contributed by atoms with Crippen LogP contribution in [-0.4, -0.2) is 27.5 Å². The molecule has 0 aliphatic heterocycles. The van der Waals surface area contributed by atoms with E-state index in [1.165, 1.54) is 0 Å². The highest BCUT2D eigenvalue weighted by molar-refractivity contribution is 5.97. The maximum absolute atomic E-state index is 12.6. The molecule has 0 spiro atoms. The van der Waals surface area contributed by atoms with Gasteiger partial charge in [0.05, 0.1) is 29.0 Å². The van der Waals surface area contributed by atoms with Crippen molar-refractivity contribution in [2.45, 2.75) is 40.2 Å². The van der Waals surface area contributed by atoms with Crippen molar-refractivity contribution in [3.05, 3.63) is 59.0 Å². The lowest BCUT2D eigenvalue weighted by molar-refractivity contribution is 0.0950. The summed E-state index contributed by atoms with van der Waals surface area (Å²) in [7, 11) is 0. The van der Waals surface area contributed by atoms with Crippen LogP contribution in [0.15, 0.2) is 36.5 Å². The molecule has 6 nitrogen and oxygen atoms in total. The van der Waals surface area contributed by atoms with E-state index < -0.39 is 0 Å². The summed E-state index contributed by atoms with van der Waals surface area (Å²) >= 11 is 0. The molecule has 1 amide bonds. The Morgan fingerprint density at radius 2 is 1.78 bits per heavy atom. The van der Waals surface area contributed by atoms with Crippen LogP contribution in [0.1, 0.15) is 48.1 Å². The number of nitrogens with one attached hydrogen (secondary N) is 1. The first-order valence-corrected chi connectivity index (χ1v) is 9.30. The first-order chi connectivity index (χ1) is 13.2. The van der Waals surface area contributed by atoms with E-state index >= 15 is 0 Å². The maximum Gasteiger partial charge on any atom is 0.251 e. The number of pyridine rings is 1. The third kappa shape index (κ3) is 4.22. The van der Waals surface area contributed by atoms with Gasteiger partial charge in [0.15, 0.2) is 0 Å². The highest BCUT2D eigenvalue weighted by Crippen LogP contribution is 2.17. The van der Waals surface area contributed by atoms with Crippen LogP contribution in [0.3, 0.4) is 0 Å². The Hall–Kier alpha value is -3.02. The molecule has 0 saturated heterocycles. The van der Waals surface area contributed by atoms with Gasteiger partial charge in [0.2, 0.25) is 5.88 Å². The van der Waals surface area contributed by atoms with Crippen LogP contribution in [0.4, 0.5) is 0 Å². The standard InChI is InChI=1S/C21H24N4O2/c1-4-16-17(5-2)25-19-12-14(9-10-18(19)24-16)20(26)23-13-15-8-7-11-22-21(15)27-6-3/h7-12H,4-6,13H2,1-3H3,(H,23,26). The smallest absolute Gasteiger partial charge is 0.251 e. The van der Waals surface area contributed by atoms with E-state index in [-0.39, 0.29) is 5.91 Å². The summed E-state index contributed by atoms with van der Waals surface area (Å²) in [5, 5.41) is 2.92. The van der Waals surface area contributed by atoms with Gasteiger partial charge < -0.3 is 10.1 Å². The van der Waals surface area contributed by atoms with Gasteiger partial charge in [0, 0.05) is 23.9 Å². The topological polar surface area (TPSA) is 77.0 Å². The molecule has 1 N–H and O–H groups in total. The average Bonchev–Trinajstić information content (AvgIpc) is 2.71. The Morgan fingerprint density at radius 3 is 2.48 bits per heavy atom. The first-order valence-electron chi connectivity index (χ1n) is 9.30.